The lowest BCUT2D eigenvalue weighted by Gasteiger charge is -2.33. The summed E-state index contributed by atoms with van der Waals surface area (Å²) >= 11 is 10.5. The van der Waals surface area contributed by atoms with Gasteiger partial charge in [0, 0.05) is 80.5 Å². The Morgan fingerprint density at radius 1 is 0.181 bits per heavy atom. The van der Waals surface area contributed by atoms with Crippen molar-refractivity contribution in [2.45, 2.75) is 309 Å². The van der Waals surface area contributed by atoms with Crippen molar-refractivity contribution in [2.75, 3.05) is 0 Å². The molecule has 0 amide bonds. The molecule has 9 rings (SSSR count). The van der Waals surface area contributed by atoms with Gasteiger partial charge in [0.25, 0.3) is 0 Å². The predicted octanol–water partition coefficient (Wildman–Crippen LogP) is 19.1. The summed E-state index contributed by atoms with van der Waals surface area (Å²) in [5.41, 5.74) is 15.8. The van der Waals surface area contributed by atoms with Gasteiger partial charge in [-0.25, -0.2) is 0 Å². The number of rotatable bonds is 40. The van der Waals surface area contributed by atoms with Gasteiger partial charge in [-0.2, -0.15) is 45.3 Å². The Hall–Kier alpha value is -0.332. The summed E-state index contributed by atoms with van der Waals surface area (Å²) in [6, 6.07) is 12.4. The van der Waals surface area contributed by atoms with Gasteiger partial charge in [0.05, 0.1) is 0 Å². The molecule has 1 aliphatic carbocycles. The molecule has 0 bridgehead atoms. The normalized spacial score (nSPS) is 16.8. The van der Waals surface area contributed by atoms with Crippen molar-refractivity contribution >= 4 is 114 Å². The molecule has 0 fully saturated rings. The molecule has 4 aromatic rings. The minimum absolute atomic E-state index is 1.36. The van der Waals surface area contributed by atoms with Crippen LogP contribution in [-0.2, 0) is 0 Å². The fraction of sp³-hybridized carbons (Fsp3) is 0.750. The molecule has 4 aliphatic heterocycles. The Morgan fingerprint density at radius 2 is 0.306 bits per heavy atom. The summed E-state index contributed by atoms with van der Waals surface area (Å²) in [5.74, 6) is 0. The molecule has 0 aromatic carbocycles. The number of hydrogen-bond donors (Lipinski definition) is 0. The van der Waals surface area contributed by atoms with Crippen molar-refractivity contribution < 1.29 is 0 Å². The molecule has 0 saturated carbocycles. The van der Waals surface area contributed by atoms with E-state index in [1.165, 1.54) is 205 Å². The Kier molecular flexibility index (Phi) is 20.1. The molecule has 4 aromatic heterocycles. The summed E-state index contributed by atoms with van der Waals surface area (Å²) in [4.78, 5) is 0. The monoisotopic (exact) mass is 1110 g/mol. The van der Waals surface area contributed by atoms with Crippen LogP contribution in [0.5, 0.6) is 0 Å². The highest BCUT2D eigenvalue weighted by Crippen LogP contribution is 2.61. The maximum absolute atomic E-state index is 2.61. The molecule has 8 heterocycles. The van der Waals surface area contributed by atoms with Crippen LogP contribution in [0.2, 0.25) is 48.4 Å². The van der Waals surface area contributed by atoms with Gasteiger partial charge in [0.1, 0.15) is 32.3 Å². The van der Waals surface area contributed by atoms with Crippen LogP contribution in [0.15, 0.2) is 0 Å². The van der Waals surface area contributed by atoms with Gasteiger partial charge in [0.15, 0.2) is 0 Å². The summed E-state index contributed by atoms with van der Waals surface area (Å²) < 4.78 is 16.8. The number of hydrogen-bond acceptors (Lipinski definition) is 4. The average Bonchev–Trinajstić information content (AvgIpc) is 4.26. The third-order valence-electron chi connectivity index (χ3n) is 19.8. The van der Waals surface area contributed by atoms with Crippen LogP contribution >= 0.6 is 45.3 Å². The fourth-order valence-electron chi connectivity index (χ4n) is 15.9. The van der Waals surface area contributed by atoms with Crippen molar-refractivity contribution in [3.05, 3.63) is 0 Å². The second-order valence-electron chi connectivity index (χ2n) is 24.9. The summed E-state index contributed by atoms with van der Waals surface area (Å²) in [6.07, 6.45) is 45.7. The maximum Gasteiger partial charge on any atom is 0.144 e. The lowest BCUT2D eigenvalue weighted by molar-refractivity contribution is 0.685. The largest absolute Gasteiger partial charge is 0.152 e. The molecular formula is C64H104S4Si4. The first-order valence-electron chi connectivity index (χ1n) is 32.1. The van der Waals surface area contributed by atoms with E-state index >= 15 is 0 Å². The van der Waals surface area contributed by atoms with Crippen molar-refractivity contribution in [3.63, 3.8) is 0 Å². The SMILES string of the molecule is CCCCCC[Si]1(CCCCCC)c2sc3c4c2-c2c1sc1c2-c2c(sc5c2-c2c(sc(c2-4)[Si]3(CCCCCC)CCCCCC)[Si]5(CCCCCC)CCCCCC)[Si]1(CCCCCC)CCCCCC. The predicted molar refractivity (Wildman–Crippen MR) is 345 cm³/mol. The molecule has 0 unspecified atom stereocenters. The first kappa shape index (κ1) is 56.4. The molecule has 5 aliphatic rings. The van der Waals surface area contributed by atoms with E-state index in [2.05, 4.69) is 137 Å². The van der Waals surface area contributed by atoms with Crippen molar-refractivity contribution in [1.82, 2.24) is 0 Å². The van der Waals surface area contributed by atoms with Crippen LogP contribution in [0, 0.1) is 0 Å². The highest BCUT2D eigenvalue weighted by atomic mass is 32.1. The van der Waals surface area contributed by atoms with Crippen LogP contribution in [-0.4, -0.2) is 32.3 Å². The van der Waals surface area contributed by atoms with Gasteiger partial charge < -0.3 is 0 Å². The fourth-order valence-corrected chi connectivity index (χ4v) is 55.3. The Bertz CT molecular complexity index is 1880. The van der Waals surface area contributed by atoms with E-state index in [4.69, 9.17) is 0 Å². The highest BCUT2D eigenvalue weighted by molar-refractivity contribution is 7.54. The van der Waals surface area contributed by atoms with E-state index in [1.807, 2.05) is 44.5 Å². The maximum atomic E-state index is 2.61. The van der Waals surface area contributed by atoms with Crippen LogP contribution in [0.25, 0.3) is 44.5 Å². The van der Waals surface area contributed by atoms with E-state index in [9.17, 15) is 0 Å². The zero-order valence-electron chi connectivity index (χ0n) is 47.9. The van der Waals surface area contributed by atoms with Crippen LogP contribution in [0.1, 0.15) is 261 Å². The third kappa shape index (κ3) is 9.74. The molecule has 0 nitrogen and oxygen atoms in total. The molecule has 0 N–H and O–H groups in total. The molecule has 0 atom stereocenters. The van der Waals surface area contributed by atoms with Crippen molar-refractivity contribution in [1.29, 1.82) is 0 Å². The molecule has 400 valence electrons. The van der Waals surface area contributed by atoms with Crippen LogP contribution in [0.3, 0.4) is 0 Å². The van der Waals surface area contributed by atoms with E-state index < -0.39 is 32.3 Å². The second-order valence-corrected chi connectivity index (χ2v) is 48.5. The van der Waals surface area contributed by atoms with Gasteiger partial charge in [-0.3, -0.25) is 0 Å². The molecule has 0 radical (unpaired) electrons. The van der Waals surface area contributed by atoms with E-state index in [-0.39, 0.29) is 0 Å². The van der Waals surface area contributed by atoms with Gasteiger partial charge in [-0.05, 0) is 48.4 Å². The minimum atomic E-state index is -2.02. The van der Waals surface area contributed by atoms with Gasteiger partial charge in [0.2, 0.25) is 0 Å². The van der Waals surface area contributed by atoms with Crippen molar-refractivity contribution in [3.8, 4) is 44.5 Å². The van der Waals surface area contributed by atoms with Gasteiger partial charge in [-0.1, -0.05) is 261 Å². The van der Waals surface area contributed by atoms with E-state index in [0.717, 1.165) is 0 Å². The number of unbranched alkanes of at least 4 members (excludes halogenated alkanes) is 24. The highest BCUT2D eigenvalue weighted by Gasteiger charge is 2.65. The molecule has 0 saturated heterocycles. The second kappa shape index (κ2) is 25.6. The Labute approximate surface area is 463 Å². The summed E-state index contributed by atoms with van der Waals surface area (Å²) in [5, 5.41) is 0. The van der Waals surface area contributed by atoms with Crippen LogP contribution < -0.4 is 36.0 Å². The lowest BCUT2D eigenvalue weighted by Crippen LogP contribution is -2.58. The van der Waals surface area contributed by atoms with Crippen molar-refractivity contribution in [2.24, 2.45) is 0 Å². The quantitative estimate of drug-likeness (QED) is 0.0271. The van der Waals surface area contributed by atoms with E-state index in [0.29, 0.717) is 0 Å². The first-order chi connectivity index (χ1) is 35.4. The summed E-state index contributed by atoms with van der Waals surface area (Å²) in [7, 11) is -8.10. The molecule has 8 heteroatoms. The molecular weight excluding hydrogens is 1010 g/mol. The van der Waals surface area contributed by atoms with Gasteiger partial charge >= 0.3 is 0 Å². The first-order valence-corrected chi connectivity index (χ1v) is 45.0. The topological polar surface area (TPSA) is 0 Å². The Morgan fingerprint density at radius 3 is 0.417 bits per heavy atom. The van der Waals surface area contributed by atoms with Crippen LogP contribution in [0.4, 0.5) is 0 Å². The van der Waals surface area contributed by atoms with E-state index in [1.54, 1.807) is 48.4 Å². The molecule has 72 heavy (non-hydrogen) atoms. The zero-order chi connectivity index (χ0) is 50.4. The van der Waals surface area contributed by atoms with Gasteiger partial charge in [-0.15, -0.1) is 0 Å². The Balaban J connectivity index is 1.38. The zero-order valence-corrected chi connectivity index (χ0v) is 55.2. The lowest BCUT2D eigenvalue weighted by atomic mass is 9.88. The molecule has 0 spiro atoms. The number of thiophene rings is 4. The summed E-state index contributed by atoms with van der Waals surface area (Å²) in [6.45, 7) is 19.6. The smallest absolute Gasteiger partial charge is 0.144 e. The average molecular weight is 1110 g/mol. The standard InChI is InChI=1S/C64H104S4Si4/c1-9-17-25-33-41-69(42-34-26-18-10-2)57-49-50-52-54-56-55-53-51(49)59(65-57)70(43-35-27-19-11-3,44-36-28-20-12-4)61(53)67-63(55)72(47-39-31-23-15-7,48-40-32-24-16-8)64(56)68-62(54)71(45-37-29-21-13-5,46-38-30-22-14-6)60(52)66-58(50)69/h9-48H2,1-8H3. The minimum Gasteiger partial charge on any atom is -0.152 e. The third-order valence-corrected chi connectivity index (χ3v) is 53.5.